The molecule has 0 spiro atoms. The molecule has 1 aromatic rings. The van der Waals surface area contributed by atoms with Crippen LogP contribution in [0, 0.1) is 12.7 Å². The molecule has 1 aromatic carbocycles. The Balaban J connectivity index is 3.44. The molecule has 1 unspecified atom stereocenters. The lowest BCUT2D eigenvalue weighted by Gasteiger charge is -2.15. The van der Waals surface area contributed by atoms with Crippen molar-refractivity contribution in [3.8, 4) is 11.5 Å². The predicted molar refractivity (Wildman–Crippen MR) is 54.9 cm³/mol. The van der Waals surface area contributed by atoms with Crippen molar-refractivity contribution in [3.63, 3.8) is 0 Å². The van der Waals surface area contributed by atoms with Gasteiger partial charge in [0.25, 0.3) is 0 Å². The van der Waals surface area contributed by atoms with Gasteiger partial charge in [-0.3, -0.25) is 0 Å². The lowest BCUT2D eigenvalue weighted by molar-refractivity contribution is 0.192. The number of aliphatic hydroxyl groups is 1. The normalized spacial score (nSPS) is 12.4. The topological polar surface area (TPSA) is 38.7 Å². The molecule has 0 aliphatic rings. The van der Waals surface area contributed by atoms with Crippen LogP contribution < -0.4 is 9.47 Å². The monoisotopic (exact) mass is 214 g/mol. The third kappa shape index (κ3) is 2.04. The van der Waals surface area contributed by atoms with Gasteiger partial charge in [0.15, 0.2) is 17.3 Å². The fourth-order valence-corrected chi connectivity index (χ4v) is 1.51. The lowest BCUT2D eigenvalue weighted by Crippen LogP contribution is -2.03. The molecule has 15 heavy (non-hydrogen) atoms. The van der Waals surface area contributed by atoms with E-state index < -0.39 is 11.9 Å². The molecule has 0 fully saturated rings. The number of aliphatic hydroxyl groups excluding tert-OH is 1. The van der Waals surface area contributed by atoms with Crippen molar-refractivity contribution in [1.29, 1.82) is 0 Å². The molecule has 1 atom stereocenters. The summed E-state index contributed by atoms with van der Waals surface area (Å²) in [4.78, 5) is 0. The van der Waals surface area contributed by atoms with E-state index >= 15 is 0 Å². The second kappa shape index (κ2) is 4.49. The summed E-state index contributed by atoms with van der Waals surface area (Å²) < 4.78 is 23.7. The molecule has 1 rings (SSSR count). The smallest absolute Gasteiger partial charge is 0.197 e. The number of halogens is 1. The van der Waals surface area contributed by atoms with E-state index in [1.807, 2.05) is 0 Å². The van der Waals surface area contributed by atoms with Crippen LogP contribution in [-0.4, -0.2) is 19.3 Å². The molecular formula is C11H15FO3. The largest absolute Gasteiger partial charge is 0.492 e. The molecule has 0 saturated heterocycles. The van der Waals surface area contributed by atoms with E-state index in [1.165, 1.54) is 21.1 Å². The van der Waals surface area contributed by atoms with Gasteiger partial charge in [-0.15, -0.1) is 0 Å². The zero-order valence-corrected chi connectivity index (χ0v) is 9.30. The van der Waals surface area contributed by atoms with Crippen LogP contribution in [-0.2, 0) is 0 Å². The Morgan fingerprint density at radius 2 is 1.80 bits per heavy atom. The van der Waals surface area contributed by atoms with Crippen LogP contribution in [0.2, 0.25) is 0 Å². The molecule has 0 heterocycles. The van der Waals surface area contributed by atoms with Gasteiger partial charge in [0.2, 0.25) is 0 Å². The molecule has 84 valence electrons. The van der Waals surface area contributed by atoms with E-state index in [0.717, 1.165) is 5.56 Å². The van der Waals surface area contributed by atoms with Crippen molar-refractivity contribution >= 4 is 0 Å². The van der Waals surface area contributed by atoms with Gasteiger partial charge in [-0.25, -0.2) is 4.39 Å². The van der Waals surface area contributed by atoms with E-state index in [0.29, 0.717) is 5.75 Å². The summed E-state index contributed by atoms with van der Waals surface area (Å²) in [6, 6.07) is 1.56. The maximum Gasteiger partial charge on any atom is 0.197 e. The predicted octanol–water partition coefficient (Wildman–Crippen LogP) is 2.20. The van der Waals surface area contributed by atoms with Gasteiger partial charge in [-0.05, 0) is 25.5 Å². The van der Waals surface area contributed by atoms with Crippen LogP contribution in [0.15, 0.2) is 6.07 Å². The summed E-state index contributed by atoms with van der Waals surface area (Å²) in [5.74, 6) is -0.178. The molecule has 0 saturated carbocycles. The maximum atomic E-state index is 13.8. The number of benzene rings is 1. The van der Waals surface area contributed by atoms with Crippen molar-refractivity contribution < 1.29 is 19.0 Å². The van der Waals surface area contributed by atoms with E-state index in [4.69, 9.17) is 9.47 Å². The highest BCUT2D eigenvalue weighted by atomic mass is 19.1. The molecule has 0 aliphatic heterocycles. The Bertz CT molecular complexity index is 361. The summed E-state index contributed by atoms with van der Waals surface area (Å²) >= 11 is 0. The number of methoxy groups -OCH3 is 2. The van der Waals surface area contributed by atoms with Gasteiger partial charge in [-0.1, -0.05) is 0 Å². The van der Waals surface area contributed by atoms with Crippen molar-refractivity contribution in [2.75, 3.05) is 14.2 Å². The summed E-state index contributed by atoms with van der Waals surface area (Å²) in [5.41, 5.74) is 0.941. The van der Waals surface area contributed by atoms with Crippen molar-refractivity contribution in [3.05, 3.63) is 23.0 Å². The summed E-state index contributed by atoms with van der Waals surface area (Å²) in [6.45, 7) is 3.27. The van der Waals surface area contributed by atoms with Crippen LogP contribution >= 0.6 is 0 Å². The van der Waals surface area contributed by atoms with Crippen LogP contribution in [0.5, 0.6) is 11.5 Å². The van der Waals surface area contributed by atoms with E-state index in [9.17, 15) is 9.50 Å². The zero-order valence-electron chi connectivity index (χ0n) is 9.30. The van der Waals surface area contributed by atoms with Crippen molar-refractivity contribution in [2.24, 2.45) is 0 Å². The van der Waals surface area contributed by atoms with Crippen molar-refractivity contribution in [2.45, 2.75) is 20.0 Å². The van der Waals surface area contributed by atoms with Gasteiger partial charge in [0, 0.05) is 5.56 Å². The van der Waals surface area contributed by atoms with Crippen LogP contribution in [0.1, 0.15) is 24.2 Å². The maximum absolute atomic E-state index is 13.8. The highest BCUT2D eigenvalue weighted by Crippen LogP contribution is 2.37. The summed E-state index contributed by atoms with van der Waals surface area (Å²) in [5, 5.41) is 9.38. The number of hydrogen-bond acceptors (Lipinski definition) is 3. The quantitative estimate of drug-likeness (QED) is 0.838. The van der Waals surface area contributed by atoms with Crippen molar-refractivity contribution in [1.82, 2.24) is 0 Å². The van der Waals surface area contributed by atoms with Crippen LogP contribution in [0.25, 0.3) is 0 Å². The molecule has 0 aromatic heterocycles. The molecule has 3 nitrogen and oxygen atoms in total. The number of rotatable bonds is 3. The minimum absolute atomic E-state index is 0.0356. The van der Waals surface area contributed by atoms with Gasteiger partial charge >= 0.3 is 0 Å². The minimum atomic E-state index is -0.872. The van der Waals surface area contributed by atoms with E-state index in [2.05, 4.69) is 0 Å². The van der Waals surface area contributed by atoms with Crippen LogP contribution in [0.4, 0.5) is 4.39 Å². The minimum Gasteiger partial charge on any atom is -0.492 e. The molecular weight excluding hydrogens is 199 g/mol. The van der Waals surface area contributed by atoms with Gasteiger partial charge < -0.3 is 14.6 Å². The highest BCUT2D eigenvalue weighted by Gasteiger charge is 2.20. The Labute approximate surface area is 88.4 Å². The molecule has 4 heteroatoms. The first kappa shape index (κ1) is 11.8. The first-order valence-electron chi connectivity index (χ1n) is 4.62. The number of aryl methyl sites for hydroxylation is 1. The number of ether oxygens (including phenoxy) is 2. The second-order valence-corrected chi connectivity index (χ2v) is 3.34. The van der Waals surface area contributed by atoms with Gasteiger partial charge in [0.05, 0.1) is 20.3 Å². The summed E-state index contributed by atoms with van der Waals surface area (Å²) in [6.07, 6.45) is -0.872. The lowest BCUT2D eigenvalue weighted by atomic mass is 10.0. The van der Waals surface area contributed by atoms with Gasteiger partial charge in [-0.2, -0.15) is 0 Å². The van der Waals surface area contributed by atoms with E-state index in [1.54, 1.807) is 13.0 Å². The van der Waals surface area contributed by atoms with E-state index in [-0.39, 0.29) is 11.3 Å². The SMILES string of the molecule is COc1c(C)cc(C(C)O)c(F)c1OC. The zero-order chi connectivity index (χ0) is 11.6. The molecule has 0 bridgehead atoms. The summed E-state index contributed by atoms with van der Waals surface area (Å²) in [7, 11) is 2.82. The Kier molecular flexibility index (Phi) is 3.52. The molecule has 0 aliphatic carbocycles. The van der Waals surface area contributed by atoms with Crippen LogP contribution in [0.3, 0.4) is 0 Å². The highest BCUT2D eigenvalue weighted by molar-refractivity contribution is 5.50. The first-order valence-corrected chi connectivity index (χ1v) is 4.62. The Morgan fingerprint density at radius 3 is 2.20 bits per heavy atom. The average molecular weight is 214 g/mol. The Hall–Kier alpha value is -1.29. The average Bonchev–Trinajstić information content (AvgIpc) is 2.19. The molecule has 1 N–H and O–H groups in total. The fourth-order valence-electron chi connectivity index (χ4n) is 1.51. The molecule has 0 amide bonds. The Morgan fingerprint density at radius 1 is 1.27 bits per heavy atom. The first-order chi connectivity index (χ1) is 7.02. The fraction of sp³-hybridized carbons (Fsp3) is 0.455. The number of hydrogen-bond donors (Lipinski definition) is 1. The van der Waals surface area contributed by atoms with Gasteiger partial charge in [0.1, 0.15) is 0 Å². The second-order valence-electron chi connectivity index (χ2n) is 3.34. The third-order valence-electron chi connectivity index (χ3n) is 2.25. The standard InChI is InChI=1S/C11H15FO3/c1-6-5-8(7(2)13)9(12)11(15-4)10(6)14-3/h5,7,13H,1-4H3. The third-order valence-corrected chi connectivity index (χ3v) is 2.25. The molecule has 0 radical (unpaired) electrons.